The highest BCUT2D eigenvalue weighted by atomic mass is 35.5. The molecule has 7 heteroatoms. The van der Waals surface area contributed by atoms with Crippen LogP contribution in [-0.2, 0) is 0 Å². The highest BCUT2D eigenvalue weighted by molar-refractivity contribution is 6.32. The molecule has 108 valence electrons. The molecule has 0 aromatic carbocycles. The van der Waals surface area contributed by atoms with E-state index in [2.05, 4.69) is 10.3 Å². The van der Waals surface area contributed by atoms with Gasteiger partial charge in [-0.15, -0.1) is 0 Å². The first-order valence-corrected chi connectivity index (χ1v) is 6.58. The van der Waals surface area contributed by atoms with Gasteiger partial charge in [-0.3, -0.25) is 14.9 Å². The van der Waals surface area contributed by atoms with Crippen molar-refractivity contribution in [3.05, 3.63) is 33.1 Å². The number of aromatic nitrogens is 1. The van der Waals surface area contributed by atoms with E-state index in [1.807, 2.05) is 27.7 Å². The predicted octanol–water partition coefficient (Wildman–Crippen LogP) is 2.81. The molecule has 1 heterocycles. The lowest BCUT2D eigenvalue weighted by Gasteiger charge is -2.07. The molecule has 1 aromatic rings. The van der Waals surface area contributed by atoms with E-state index < -0.39 is 16.5 Å². The molecule has 1 N–H and O–H groups in total. The number of nitrogens with one attached hydrogen (secondary N) is 1. The lowest BCUT2D eigenvalue weighted by molar-refractivity contribution is -0.385. The lowest BCUT2D eigenvalue weighted by atomic mass is 10.0. The van der Waals surface area contributed by atoms with Crippen LogP contribution < -0.4 is 5.32 Å². The number of nitrogens with zero attached hydrogens (tertiary/aromatic N) is 2. The molecule has 0 spiro atoms. The van der Waals surface area contributed by atoms with E-state index in [9.17, 15) is 14.9 Å². The van der Waals surface area contributed by atoms with Crippen LogP contribution in [0.1, 0.15) is 38.1 Å². The first-order valence-electron chi connectivity index (χ1n) is 6.20. The Balaban J connectivity index is 2.28. The number of amides is 1. The van der Waals surface area contributed by atoms with Gasteiger partial charge in [-0.25, -0.2) is 4.98 Å². The summed E-state index contributed by atoms with van der Waals surface area (Å²) in [5.41, 5.74) is -0.612. The number of carbonyl (C=O) groups is 1. The Bertz CT molecular complexity index is 585. The predicted molar refractivity (Wildman–Crippen MR) is 74.7 cm³/mol. The minimum absolute atomic E-state index is 0.0333. The van der Waals surface area contributed by atoms with Gasteiger partial charge in [0.15, 0.2) is 0 Å². The number of rotatable bonds is 3. The number of hydrogen-bond acceptors (Lipinski definition) is 4. The largest absolute Gasteiger partial charge is 0.348 e. The molecule has 0 bridgehead atoms. The van der Waals surface area contributed by atoms with Crippen molar-refractivity contribution < 1.29 is 9.72 Å². The standard InChI is InChI=1S/C13H16ClN3O3/c1-12(2)11(13(12,3)4)16-10(18)7-5-6-15-9(14)8(7)17(19)20/h5-6,11H,1-4H3,(H,16,18). The van der Waals surface area contributed by atoms with Gasteiger partial charge < -0.3 is 5.32 Å². The topological polar surface area (TPSA) is 85.1 Å². The average molecular weight is 298 g/mol. The third-order valence-electron chi connectivity index (χ3n) is 4.60. The second-order valence-corrected chi connectivity index (χ2v) is 6.46. The third-order valence-corrected chi connectivity index (χ3v) is 4.88. The number of hydrogen-bond donors (Lipinski definition) is 1. The molecule has 0 aliphatic heterocycles. The first-order chi connectivity index (χ1) is 9.10. The summed E-state index contributed by atoms with van der Waals surface area (Å²) >= 11 is 5.70. The van der Waals surface area contributed by atoms with E-state index in [1.165, 1.54) is 12.3 Å². The summed E-state index contributed by atoms with van der Waals surface area (Å²) in [5, 5.41) is 13.6. The minimum Gasteiger partial charge on any atom is -0.348 e. The zero-order chi connectivity index (χ0) is 15.3. The first kappa shape index (κ1) is 14.7. The molecule has 6 nitrogen and oxygen atoms in total. The van der Waals surface area contributed by atoms with Crippen LogP contribution in [0, 0.1) is 20.9 Å². The van der Waals surface area contributed by atoms with Crippen molar-refractivity contribution in [3.8, 4) is 0 Å². The van der Waals surface area contributed by atoms with Crippen LogP contribution in [0.5, 0.6) is 0 Å². The fraction of sp³-hybridized carbons (Fsp3) is 0.538. The number of nitro groups is 1. The van der Waals surface area contributed by atoms with E-state index in [1.54, 1.807) is 0 Å². The third kappa shape index (κ3) is 2.04. The summed E-state index contributed by atoms with van der Waals surface area (Å²) in [6, 6.07) is 1.27. The molecule has 1 amide bonds. The Morgan fingerprint density at radius 2 is 1.95 bits per heavy atom. The highest BCUT2D eigenvalue weighted by Crippen LogP contribution is 2.62. The van der Waals surface area contributed by atoms with Gasteiger partial charge in [0.1, 0.15) is 5.56 Å². The lowest BCUT2D eigenvalue weighted by Crippen LogP contribution is -2.30. The average Bonchev–Trinajstić information content (AvgIpc) is 2.70. The molecule has 0 atom stereocenters. The second kappa shape index (κ2) is 4.41. The maximum Gasteiger partial charge on any atom is 0.319 e. The summed E-state index contributed by atoms with van der Waals surface area (Å²) in [6.07, 6.45) is 1.29. The van der Waals surface area contributed by atoms with Crippen molar-refractivity contribution in [2.24, 2.45) is 10.8 Å². The van der Waals surface area contributed by atoms with E-state index in [4.69, 9.17) is 11.6 Å². The van der Waals surface area contributed by atoms with Crippen LogP contribution >= 0.6 is 11.6 Å². The van der Waals surface area contributed by atoms with E-state index >= 15 is 0 Å². The molecular weight excluding hydrogens is 282 g/mol. The van der Waals surface area contributed by atoms with Crippen molar-refractivity contribution >= 4 is 23.2 Å². The normalized spacial score (nSPS) is 19.4. The molecule has 2 rings (SSSR count). The Morgan fingerprint density at radius 3 is 2.40 bits per heavy atom. The van der Waals surface area contributed by atoms with E-state index in [0.717, 1.165) is 0 Å². The Labute approximate surface area is 121 Å². The van der Waals surface area contributed by atoms with Gasteiger partial charge in [-0.05, 0) is 16.9 Å². The van der Waals surface area contributed by atoms with Crippen LogP contribution in [0.25, 0.3) is 0 Å². The van der Waals surface area contributed by atoms with Crippen LogP contribution in [0.4, 0.5) is 5.69 Å². The molecule has 1 aromatic heterocycles. The summed E-state index contributed by atoms with van der Waals surface area (Å²) in [4.78, 5) is 26.2. The summed E-state index contributed by atoms with van der Waals surface area (Å²) in [6.45, 7) is 8.19. The molecule has 0 unspecified atom stereocenters. The zero-order valence-electron chi connectivity index (χ0n) is 11.7. The van der Waals surface area contributed by atoms with E-state index in [-0.39, 0.29) is 27.6 Å². The van der Waals surface area contributed by atoms with Crippen molar-refractivity contribution in [2.75, 3.05) is 0 Å². The molecule has 1 aliphatic rings. The smallest absolute Gasteiger partial charge is 0.319 e. The fourth-order valence-corrected chi connectivity index (χ4v) is 2.78. The Morgan fingerprint density at radius 1 is 1.40 bits per heavy atom. The summed E-state index contributed by atoms with van der Waals surface area (Å²) < 4.78 is 0. The summed E-state index contributed by atoms with van der Waals surface area (Å²) in [7, 11) is 0. The molecule has 20 heavy (non-hydrogen) atoms. The van der Waals surface area contributed by atoms with Crippen molar-refractivity contribution in [1.29, 1.82) is 0 Å². The molecule has 0 radical (unpaired) electrons. The van der Waals surface area contributed by atoms with Gasteiger partial charge in [-0.2, -0.15) is 0 Å². The van der Waals surface area contributed by atoms with Crippen LogP contribution in [-0.4, -0.2) is 21.9 Å². The Hall–Kier alpha value is -1.69. The maximum absolute atomic E-state index is 12.2. The number of pyridine rings is 1. The zero-order valence-corrected chi connectivity index (χ0v) is 12.5. The van der Waals surface area contributed by atoms with Gasteiger partial charge in [-0.1, -0.05) is 39.3 Å². The molecule has 1 saturated carbocycles. The summed E-state index contributed by atoms with van der Waals surface area (Å²) in [5.74, 6) is -0.496. The van der Waals surface area contributed by atoms with Gasteiger partial charge in [0.25, 0.3) is 5.91 Å². The molecule has 1 fully saturated rings. The van der Waals surface area contributed by atoms with Crippen molar-refractivity contribution in [2.45, 2.75) is 33.7 Å². The molecule has 0 saturated heterocycles. The van der Waals surface area contributed by atoms with Crippen LogP contribution in [0.2, 0.25) is 5.15 Å². The molecule has 1 aliphatic carbocycles. The highest BCUT2D eigenvalue weighted by Gasteiger charge is 2.65. The van der Waals surface area contributed by atoms with Gasteiger partial charge in [0.05, 0.1) is 4.92 Å². The van der Waals surface area contributed by atoms with Gasteiger partial charge in [0, 0.05) is 12.2 Å². The SMILES string of the molecule is CC1(C)C(NC(=O)c2ccnc(Cl)c2[N+](=O)[O-])C1(C)C. The minimum atomic E-state index is -0.687. The second-order valence-electron chi connectivity index (χ2n) is 6.10. The van der Waals surface area contributed by atoms with Gasteiger partial charge in [0.2, 0.25) is 5.15 Å². The van der Waals surface area contributed by atoms with Crippen LogP contribution in [0.15, 0.2) is 12.3 Å². The molecular formula is C13H16ClN3O3. The Kier molecular flexibility index (Phi) is 3.25. The van der Waals surface area contributed by atoms with Gasteiger partial charge >= 0.3 is 5.69 Å². The fourth-order valence-electron chi connectivity index (χ4n) is 2.55. The quantitative estimate of drug-likeness (QED) is 0.528. The monoisotopic (exact) mass is 297 g/mol. The number of halogens is 1. The van der Waals surface area contributed by atoms with Crippen molar-refractivity contribution in [1.82, 2.24) is 10.3 Å². The maximum atomic E-state index is 12.2. The number of carbonyl (C=O) groups excluding carboxylic acids is 1. The van der Waals surface area contributed by atoms with E-state index in [0.29, 0.717) is 0 Å². The van der Waals surface area contributed by atoms with Crippen molar-refractivity contribution in [3.63, 3.8) is 0 Å². The van der Waals surface area contributed by atoms with Crippen LogP contribution in [0.3, 0.4) is 0 Å².